The van der Waals surface area contributed by atoms with Crippen LogP contribution in [0.15, 0.2) is 67.0 Å². The van der Waals surface area contributed by atoms with Crippen molar-refractivity contribution in [3.05, 3.63) is 94.3 Å². The topological polar surface area (TPSA) is 88.2 Å². The molecule has 1 aliphatic heterocycles. The first-order chi connectivity index (χ1) is 14.5. The van der Waals surface area contributed by atoms with Crippen molar-refractivity contribution in [3.63, 3.8) is 0 Å². The minimum atomic E-state index is -1.57. The molecule has 0 fully saturated rings. The molecule has 0 saturated carbocycles. The van der Waals surface area contributed by atoms with Crippen LogP contribution in [0.25, 0.3) is 0 Å². The highest BCUT2D eigenvalue weighted by atomic mass is 35.5. The van der Waals surface area contributed by atoms with Gasteiger partial charge in [-0.1, -0.05) is 29.8 Å². The first-order valence-electron chi connectivity index (χ1n) is 9.28. The van der Waals surface area contributed by atoms with E-state index in [0.29, 0.717) is 28.4 Å². The molecule has 2 unspecified atom stereocenters. The number of nitrogens with one attached hydrogen (secondary N) is 2. The van der Waals surface area contributed by atoms with Crippen LogP contribution in [0, 0.1) is 0 Å². The fraction of sp³-hybridized carbons (Fsp3) is 0.136. The number of amides is 1. The van der Waals surface area contributed by atoms with E-state index in [4.69, 9.17) is 11.6 Å². The summed E-state index contributed by atoms with van der Waals surface area (Å²) in [7, 11) is -1.57. The number of nitrogens with zero attached hydrogens (tertiary/aromatic N) is 1. The van der Waals surface area contributed by atoms with Gasteiger partial charge in [-0.05, 0) is 53.9 Å². The van der Waals surface area contributed by atoms with Crippen molar-refractivity contribution in [1.29, 1.82) is 0 Å². The monoisotopic (exact) mass is 439 g/mol. The number of carbonyl (C=O) groups excluding carboxylic acids is 2. The number of anilines is 1. The summed E-state index contributed by atoms with van der Waals surface area (Å²) in [5.74, 6) is -0.559. The summed E-state index contributed by atoms with van der Waals surface area (Å²) in [4.78, 5) is 29.6. The lowest BCUT2D eigenvalue weighted by Crippen LogP contribution is -2.37. The fourth-order valence-corrected chi connectivity index (χ4v) is 4.68. The number of hydrogen-bond acceptors (Lipinski definition) is 4. The van der Waals surface area contributed by atoms with Crippen molar-refractivity contribution in [2.24, 2.45) is 0 Å². The molecule has 30 heavy (non-hydrogen) atoms. The van der Waals surface area contributed by atoms with Crippen LogP contribution in [0.5, 0.6) is 0 Å². The number of hydrogen-bond donors (Lipinski definition) is 2. The van der Waals surface area contributed by atoms with Crippen molar-refractivity contribution >= 4 is 40.0 Å². The Morgan fingerprint density at radius 2 is 1.97 bits per heavy atom. The maximum absolute atomic E-state index is 13.1. The molecule has 0 spiro atoms. The van der Waals surface area contributed by atoms with Gasteiger partial charge in [0.1, 0.15) is 16.2 Å². The van der Waals surface area contributed by atoms with E-state index in [9.17, 15) is 13.8 Å². The van der Waals surface area contributed by atoms with Gasteiger partial charge in [0.2, 0.25) is 0 Å². The molecule has 1 aromatic heterocycles. The molecule has 152 valence electrons. The van der Waals surface area contributed by atoms with E-state index in [0.717, 1.165) is 11.1 Å². The lowest BCUT2D eigenvalue weighted by Gasteiger charge is -2.24. The van der Waals surface area contributed by atoms with Crippen molar-refractivity contribution in [3.8, 4) is 0 Å². The van der Waals surface area contributed by atoms with Crippen LogP contribution in [0.3, 0.4) is 0 Å². The molecular weight excluding hydrogens is 422 g/mol. The number of carbonyl (C=O) groups is 2. The zero-order chi connectivity index (χ0) is 21.1. The largest absolute Gasteiger partial charge is 0.348 e. The number of Topliss-reactive ketones (excluding diaryl/α,β-unsaturated/α-hetero) is 1. The smallest absolute Gasteiger partial charge is 0.251 e. The quantitative estimate of drug-likeness (QED) is 0.636. The molecule has 4 rings (SSSR count). The van der Waals surface area contributed by atoms with Crippen LogP contribution in [0.2, 0.25) is 5.02 Å². The zero-order valence-electron chi connectivity index (χ0n) is 15.8. The highest BCUT2D eigenvalue weighted by Gasteiger charge is 2.34. The molecule has 0 bridgehead atoms. The summed E-state index contributed by atoms with van der Waals surface area (Å²) in [5.41, 5.74) is 2.88. The van der Waals surface area contributed by atoms with E-state index in [1.54, 1.807) is 54.9 Å². The first kappa shape index (κ1) is 20.3. The second-order valence-electron chi connectivity index (χ2n) is 6.89. The summed E-state index contributed by atoms with van der Waals surface area (Å²) in [6, 6.07) is 15.6. The normalized spacial score (nSPS) is 17.7. The summed E-state index contributed by atoms with van der Waals surface area (Å²) >= 11 is 6.02. The van der Waals surface area contributed by atoms with Gasteiger partial charge in [0.15, 0.2) is 5.78 Å². The molecule has 1 aliphatic rings. The van der Waals surface area contributed by atoms with Crippen LogP contribution in [0.4, 0.5) is 5.69 Å². The highest BCUT2D eigenvalue weighted by molar-refractivity contribution is 7.88. The lowest BCUT2D eigenvalue weighted by molar-refractivity contribution is 0.0951. The van der Waals surface area contributed by atoms with E-state index < -0.39 is 16.2 Å². The van der Waals surface area contributed by atoms with Gasteiger partial charge in [0.05, 0.1) is 5.69 Å². The summed E-state index contributed by atoms with van der Waals surface area (Å²) in [5, 5.41) is 2.62. The predicted octanol–water partition coefficient (Wildman–Crippen LogP) is 3.55. The molecule has 0 radical (unpaired) electrons. The average Bonchev–Trinajstić information content (AvgIpc) is 2.75. The van der Waals surface area contributed by atoms with Crippen molar-refractivity contribution in [1.82, 2.24) is 10.3 Å². The molecule has 2 aromatic carbocycles. The van der Waals surface area contributed by atoms with E-state index in [-0.39, 0.29) is 18.1 Å². The predicted molar refractivity (Wildman–Crippen MR) is 117 cm³/mol. The summed E-state index contributed by atoms with van der Waals surface area (Å²) in [6.07, 6.45) is 3.63. The third-order valence-corrected chi connectivity index (χ3v) is 6.35. The molecule has 0 saturated heterocycles. The van der Waals surface area contributed by atoms with Gasteiger partial charge in [-0.3, -0.25) is 14.6 Å². The Morgan fingerprint density at radius 3 is 2.73 bits per heavy atom. The Morgan fingerprint density at radius 1 is 1.13 bits per heavy atom. The van der Waals surface area contributed by atoms with Crippen molar-refractivity contribution in [2.45, 2.75) is 18.2 Å². The van der Waals surface area contributed by atoms with Crippen LogP contribution < -0.4 is 10.0 Å². The molecule has 2 atom stereocenters. The molecular formula is C22H18ClN3O3S. The van der Waals surface area contributed by atoms with Crippen LogP contribution in [-0.2, 0) is 24.0 Å². The number of rotatable bonds is 5. The first-order valence-corrected chi connectivity index (χ1v) is 10.9. The number of aromatic nitrogens is 1. The molecule has 8 heteroatoms. The maximum Gasteiger partial charge on any atom is 0.251 e. The minimum absolute atomic E-state index is 0.260. The Hall–Kier alpha value is -3.03. The van der Waals surface area contributed by atoms with Crippen LogP contribution in [-0.4, -0.2) is 26.1 Å². The van der Waals surface area contributed by atoms with E-state index in [1.165, 1.54) is 0 Å². The molecule has 2 N–H and O–H groups in total. The minimum Gasteiger partial charge on any atom is -0.348 e. The SMILES string of the molecule is O=C(NCc1cccnc1)c1ccc2c(c1)C(=O)C(Cc1cccc(Cl)c1)S(=O)N2. The molecule has 1 amide bonds. The Labute approximate surface area is 181 Å². The van der Waals surface area contributed by atoms with Gasteiger partial charge in [-0.2, -0.15) is 0 Å². The maximum atomic E-state index is 13.1. The number of halogens is 1. The third-order valence-electron chi connectivity index (χ3n) is 4.79. The summed E-state index contributed by atoms with van der Waals surface area (Å²) < 4.78 is 15.5. The summed E-state index contributed by atoms with van der Waals surface area (Å²) in [6.45, 7) is 0.331. The van der Waals surface area contributed by atoms with Crippen molar-refractivity contribution in [2.75, 3.05) is 4.72 Å². The van der Waals surface area contributed by atoms with E-state index in [2.05, 4.69) is 15.0 Å². The molecule has 2 heterocycles. The molecule has 0 aliphatic carbocycles. The molecule has 6 nitrogen and oxygen atoms in total. The van der Waals surface area contributed by atoms with Gasteiger partial charge in [0.25, 0.3) is 5.91 Å². The third kappa shape index (κ3) is 4.42. The number of fused-ring (bicyclic) bond motifs is 1. The van der Waals surface area contributed by atoms with Crippen LogP contribution in [0.1, 0.15) is 31.8 Å². The van der Waals surface area contributed by atoms with Crippen molar-refractivity contribution < 1.29 is 13.8 Å². The second kappa shape index (κ2) is 8.77. The van der Waals surface area contributed by atoms with Gasteiger partial charge in [0, 0.05) is 35.1 Å². The van der Waals surface area contributed by atoms with Crippen LogP contribution >= 0.6 is 11.6 Å². The molecule has 3 aromatic rings. The zero-order valence-corrected chi connectivity index (χ0v) is 17.4. The van der Waals surface area contributed by atoms with Gasteiger partial charge < -0.3 is 10.0 Å². The highest BCUT2D eigenvalue weighted by Crippen LogP contribution is 2.28. The Kier molecular flexibility index (Phi) is 5.92. The van der Waals surface area contributed by atoms with E-state index >= 15 is 0 Å². The number of pyridine rings is 1. The average molecular weight is 440 g/mol. The van der Waals surface area contributed by atoms with Gasteiger partial charge in [-0.25, -0.2) is 4.21 Å². The number of benzene rings is 2. The number of ketones is 1. The van der Waals surface area contributed by atoms with Gasteiger partial charge in [-0.15, -0.1) is 0 Å². The lowest BCUT2D eigenvalue weighted by atomic mass is 9.98. The Balaban J connectivity index is 1.53. The standard InChI is InChI=1S/C22H18ClN3O3S/c23-17-5-1-3-14(9-17)10-20-21(27)18-11-16(6-7-19(18)26-30(20)29)22(28)25-13-15-4-2-8-24-12-15/h1-9,11-12,20,26H,10,13H2,(H,25,28). The van der Waals surface area contributed by atoms with E-state index in [1.807, 2.05) is 12.1 Å². The fourth-order valence-electron chi connectivity index (χ4n) is 3.26. The second-order valence-corrected chi connectivity index (χ2v) is 8.70. The Bertz CT molecular complexity index is 1140. The van der Waals surface area contributed by atoms with Gasteiger partial charge >= 0.3 is 0 Å².